The summed E-state index contributed by atoms with van der Waals surface area (Å²) in [7, 11) is 0. The number of piperidine rings is 1. The predicted octanol–water partition coefficient (Wildman–Crippen LogP) is 10.2. The third kappa shape index (κ3) is 28.1. The summed E-state index contributed by atoms with van der Waals surface area (Å²) in [6.07, 6.45) is 21.3. The van der Waals surface area contributed by atoms with Crippen LogP contribution < -0.4 is 43.4 Å². The van der Waals surface area contributed by atoms with Crippen LogP contribution in [0, 0.1) is 17.8 Å². The van der Waals surface area contributed by atoms with Crippen LogP contribution in [0.3, 0.4) is 0 Å². The first-order valence-corrected chi connectivity index (χ1v) is 36.3. The lowest BCUT2D eigenvalue weighted by molar-refractivity contribution is -0.134. The first-order valence-electron chi connectivity index (χ1n) is 34.8. The molecule has 0 unspecified atom stereocenters. The number of benzene rings is 3. The molecule has 10 N–H and O–H groups in total. The molecule has 4 heterocycles. The largest absolute Gasteiger partial charge is 0.351 e. The lowest BCUT2D eigenvalue weighted by Gasteiger charge is -2.30. The van der Waals surface area contributed by atoms with Crippen LogP contribution in [0.2, 0.25) is 20.1 Å². The van der Waals surface area contributed by atoms with E-state index in [1.165, 1.54) is 25.3 Å². The van der Waals surface area contributed by atoms with Gasteiger partial charge in [-0.2, -0.15) is 0 Å². The van der Waals surface area contributed by atoms with E-state index in [9.17, 15) is 28.8 Å². The van der Waals surface area contributed by atoms with E-state index >= 15 is 0 Å². The van der Waals surface area contributed by atoms with Crippen LogP contribution in [-0.2, 0) is 24.0 Å². The lowest BCUT2D eigenvalue weighted by atomic mass is 10.0. The number of likely N-dealkylation sites (tertiary alicyclic amines) is 1. The van der Waals surface area contributed by atoms with Crippen LogP contribution in [0.5, 0.6) is 0 Å². The number of rotatable bonds is 30. The van der Waals surface area contributed by atoms with Gasteiger partial charge >= 0.3 is 0 Å². The average Bonchev–Trinajstić information content (AvgIpc) is 1.90. The number of carbonyl (C=O) groups is 6. The molecule has 4 saturated heterocycles. The molecule has 0 saturated carbocycles. The minimum Gasteiger partial charge on any atom is -0.351 e. The highest BCUT2D eigenvalue weighted by Crippen LogP contribution is 2.24. The number of hydrogen-bond donors (Lipinski definition) is 8. The Kier molecular flexibility index (Phi) is 37.2. The van der Waals surface area contributed by atoms with Gasteiger partial charge in [-0.3, -0.25) is 28.8 Å². The fraction of sp³-hybridized carbons (Fsp3) is 0.611. The number of nitrogens with zero attached hydrogens (tertiary/aromatic N) is 4. The molecule has 4 fully saturated rings. The Balaban J connectivity index is 0.000000257. The summed E-state index contributed by atoms with van der Waals surface area (Å²) in [5.41, 5.74) is 13.8. The first-order chi connectivity index (χ1) is 45.3. The summed E-state index contributed by atoms with van der Waals surface area (Å²) in [4.78, 5) is 85.1. The number of carbonyl (C=O) groups excluding carboxylic acids is 6. The second-order valence-electron chi connectivity index (χ2n) is 25.5. The third-order valence-corrected chi connectivity index (χ3v) is 19.9. The van der Waals surface area contributed by atoms with Crippen LogP contribution in [-0.4, -0.2) is 183 Å². The maximum Gasteiger partial charge on any atom is 0.251 e. The smallest absolute Gasteiger partial charge is 0.251 e. The second kappa shape index (κ2) is 43.9. The van der Waals surface area contributed by atoms with Gasteiger partial charge < -0.3 is 63.0 Å². The van der Waals surface area contributed by atoms with Crippen LogP contribution in [0.15, 0.2) is 78.9 Å². The zero-order valence-electron chi connectivity index (χ0n) is 56.8. The van der Waals surface area contributed by atoms with Gasteiger partial charge in [0.1, 0.15) is 0 Å². The van der Waals surface area contributed by atoms with Gasteiger partial charge in [-0.05, 0) is 161 Å². The van der Waals surface area contributed by atoms with E-state index in [4.69, 9.17) is 57.9 Å². The van der Waals surface area contributed by atoms with Crippen molar-refractivity contribution in [3.05, 3.63) is 116 Å². The molecule has 7 rings (SSSR count). The summed E-state index contributed by atoms with van der Waals surface area (Å²) >= 11 is 23.7. The maximum atomic E-state index is 13.5. The van der Waals surface area contributed by atoms with Crippen LogP contribution in [0.25, 0.3) is 12.2 Å². The Morgan fingerprint density at radius 3 is 1.23 bits per heavy atom. The topological polar surface area (TPSA) is 240 Å². The highest BCUT2D eigenvalue weighted by atomic mass is 35.5. The van der Waals surface area contributed by atoms with Crippen molar-refractivity contribution in [1.29, 1.82) is 0 Å². The van der Waals surface area contributed by atoms with Crippen molar-refractivity contribution in [1.82, 2.24) is 51.5 Å². The van der Waals surface area contributed by atoms with E-state index in [0.717, 1.165) is 121 Å². The van der Waals surface area contributed by atoms with Gasteiger partial charge in [0.05, 0.1) is 28.2 Å². The number of hydrogen-bond acceptors (Lipinski definition) is 12. The highest BCUT2D eigenvalue weighted by Gasteiger charge is 2.35. The standard InChI is InChI=1S/C28H43ClN4O2.C23H35ClN4O2.C21H32Cl2N4O2/c1-3-22(4-2)21-33-19-14-25(20-30-27(34)13-10-23-8-11-24(29)12-9-23)31-26(28(33)35)15-18-32-16-6-5-7-17-32;1-3-17(4-2)16-28-14-12-20(27-21(11-13-25)23(28)30)15-26-22(29)10-7-18-5-8-19(24)9-6-18;1-3-14(4-2)13-27-10-8-16(26-19(7-9-24)21(27)29)12-25-20(28)15-5-6-17(22)18(23)11-15/h8-13,22,25-26,31H,3-7,14-21H2,1-2H3,(H,30,34);5-10,17,20-21,27H,3-4,11-16,25H2,1-2H3,(H,26,29);5-6,11,14,16,19,26H,3-4,7-10,12-13,24H2,1-2H3,(H,25,28)/b13-10+;10-7+;/t25-,26-;20-,21-;16-,19-/m000/s1. The Hall–Kier alpha value is -5.12. The molecule has 18 nitrogen and oxygen atoms in total. The zero-order valence-corrected chi connectivity index (χ0v) is 59.8. The zero-order chi connectivity index (χ0) is 68.4. The van der Waals surface area contributed by atoms with Gasteiger partial charge in [0, 0.05) is 111 Å². The maximum absolute atomic E-state index is 13.5. The molecule has 0 spiro atoms. The molecule has 0 aromatic heterocycles. The summed E-state index contributed by atoms with van der Waals surface area (Å²) in [5.74, 6) is 1.52. The monoisotopic (exact) mass is 1380 g/mol. The number of nitrogens with two attached hydrogens (primary N) is 2. The minimum atomic E-state index is -0.316. The van der Waals surface area contributed by atoms with Gasteiger partial charge in [-0.1, -0.05) is 157 Å². The van der Waals surface area contributed by atoms with Gasteiger partial charge in [0.25, 0.3) is 5.91 Å². The fourth-order valence-electron chi connectivity index (χ4n) is 12.3. The van der Waals surface area contributed by atoms with Crippen LogP contribution in [0.4, 0.5) is 0 Å². The normalized spacial score (nSPS) is 20.8. The summed E-state index contributed by atoms with van der Waals surface area (Å²) in [6, 6.07) is 18.8. The van der Waals surface area contributed by atoms with Gasteiger partial charge in [-0.25, -0.2) is 0 Å². The Morgan fingerprint density at radius 1 is 0.500 bits per heavy atom. The molecule has 6 atom stereocenters. The second-order valence-corrected chi connectivity index (χ2v) is 27.1. The number of amides is 6. The third-order valence-electron chi connectivity index (χ3n) is 18.7. The van der Waals surface area contributed by atoms with E-state index in [1.807, 2.05) is 46.2 Å². The van der Waals surface area contributed by atoms with Crippen molar-refractivity contribution < 1.29 is 28.8 Å². The molecule has 3 aromatic carbocycles. The molecule has 0 bridgehead atoms. The Labute approximate surface area is 581 Å². The van der Waals surface area contributed by atoms with Gasteiger partial charge in [0.15, 0.2) is 0 Å². The molecule has 522 valence electrons. The lowest BCUT2D eigenvalue weighted by Crippen LogP contribution is -2.50. The van der Waals surface area contributed by atoms with Gasteiger partial charge in [0.2, 0.25) is 29.5 Å². The fourth-order valence-corrected chi connectivity index (χ4v) is 12.9. The molecule has 4 aliphatic heterocycles. The summed E-state index contributed by atoms with van der Waals surface area (Å²) in [6.45, 7) is 23.1. The molecular formula is C72H110Cl4N12O6. The Morgan fingerprint density at radius 2 is 0.872 bits per heavy atom. The average molecular weight is 1380 g/mol. The van der Waals surface area contributed by atoms with Gasteiger partial charge in [-0.15, -0.1) is 0 Å². The molecule has 94 heavy (non-hydrogen) atoms. The van der Waals surface area contributed by atoms with E-state index in [0.29, 0.717) is 102 Å². The molecule has 0 aliphatic carbocycles. The minimum absolute atomic E-state index is 0.00562. The number of halogens is 4. The van der Waals surface area contributed by atoms with Crippen molar-refractivity contribution in [2.24, 2.45) is 29.2 Å². The molecule has 0 radical (unpaired) electrons. The van der Waals surface area contributed by atoms with Crippen molar-refractivity contribution in [3.8, 4) is 0 Å². The molecule has 4 aliphatic rings. The highest BCUT2D eigenvalue weighted by molar-refractivity contribution is 6.42. The van der Waals surface area contributed by atoms with E-state index in [2.05, 4.69) is 83.2 Å². The molecule has 6 amide bonds. The van der Waals surface area contributed by atoms with Crippen molar-refractivity contribution in [2.45, 2.75) is 174 Å². The Bertz CT molecular complexity index is 2820. The van der Waals surface area contributed by atoms with Crippen molar-refractivity contribution in [2.75, 3.05) is 91.6 Å². The first kappa shape index (κ1) is 79.6. The van der Waals surface area contributed by atoms with Crippen molar-refractivity contribution >= 4 is 94.0 Å². The van der Waals surface area contributed by atoms with Crippen LogP contribution in [0.1, 0.15) is 159 Å². The summed E-state index contributed by atoms with van der Waals surface area (Å²) in [5, 5.41) is 21.4. The molecule has 3 aromatic rings. The number of nitrogens with one attached hydrogen (secondary N) is 6. The predicted molar refractivity (Wildman–Crippen MR) is 386 cm³/mol. The molecule has 22 heteroatoms. The van der Waals surface area contributed by atoms with Crippen molar-refractivity contribution in [3.63, 3.8) is 0 Å². The summed E-state index contributed by atoms with van der Waals surface area (Å²) < 4.78 is 0. The quantitative estimate of drug-likeness (QED) is 0.0291. The van der Waals surface area contributed by atoms with E-state index < -0.39 is 0 Å². The van der Waals surface area contributed by atoms with E-state index in [1.54, 1.807) is 48.6 Å². The van der Waals surface area contributed by atoms with E-state index in [-0.39, 0.29) is 71.7 Å². The molecular weight excluding hydrogens is 1270 g/mol. The SMILES string of the molecule is CCC(CC)CN1CC[C@@H](CNC(=O)/C=C/c2ccc(Cl)cc2)N[C@@H](CCN)C1=O.CCC(CC)CN1CC[C@@H](CNC(=O)/C=C/c2ccc(Cl)cc2)N[C@@H](CCN2CCCCC2)C1=O.CCC(CC)CN1CC[C@@H](CNC(=O)c2ccc(Cl)c(Cl)c2)N[C@@H](CCN)C1=O. The van der Waals surface area contributed by atoms with Crippen LogP contribution >= 0.6 is 46.4 Å².